The van der Waals surface area contributed by atoms with Crippen LogP contribution in [0.4, 0.5) is 0 Å². The zero-order valence-electron chi connectivity index (χ0n) is 10.7. The van der Waals surface area contributed by atoms with Gasteiger partial charge in [0, 0.05) is 12.7 Å². The van der Waals surface area contributed by atoms with Gasteiger partial charge in [0.25, 0.3) is 0 Å². The highest BCUT2D eigenvalue weighted by Crippen LogP contribution is 2.34. The van der Waals surface area contributed by atoms with Crippen LogP contribution in [0, 0.1) is 0 Å². The zero-order chi connectivity index (χ0) is 13.2. The van der Waals surface area contributed by atoms with Crippen LogP contribution >= 0.6 is 0 Å². The first kappa shape index (κ1) is 12.0. The molecule has 1 aliphatic heterocycles. The fourth-order valence-electron chi connectivity index (χ4n) is 2.24. The Hall–Kier alpha value is -2.01. The lowest BCUT2D eigenvalue weighted by molar-refractivity contribution is 0.169. The van der Waals surface area contributed by atoms with E-state index in [0.29, 0.717) is 19.0 Å². The number of aromatic nitrogens is 2. The van der Waals surface area contributed by atoms with Crippen LogP contribution in [0.3, 0.4) is 0 Å². The third-order valence-corrected chi connectivity index (χ3v) is 3.21. The monoisotopic (exact) mass is 260 g/mol. The second-order valence-electron chi connectivity index (χ2n) is 4.38. The average molecular weight is 260 g/mol. The van der Waals surface area contributed by atoms with Gasteiger partial charge >= 0.3 is 0 Å². The number of rotatable bonds is 3. The van der Waals surface area contributed by atoms with Crippen molar-refractivity contribution < 1.29 is 14.6 Å². The van der Waals surface area contributed by atoms with Gasteiger partial charge in [-0.2, -0.15) is 5.10 Å². The van der Waals surface area contributed by atoms with Gasteiger partial charge < -0.3 is 14.6 Å². The number of hydrogen-bond acceptors (Lipinski definition) is 4. The summed E-state index contributed by atoms with van der Waals surface area (Å²) in [5.74, 6) is 1.41. The number of aliphatic hydroxyl groups excluding tert-OH is 1. The first-order valence-electron chi connectivity index (χ1n) is 6.39. The highest BCUT2D eigenvalue weighted by molar-refractivity contribution is 5.45. The maximum Gasteiger partial charge on any atom is 0.161 e. The second kappa shape index (κ2) is 4.93. The van der Waals surface area contributed by atoms with Crippen LogP contribution < -0.4 is 9.47 Å². The Morgan fingerprint density at radius 2 is 2.05 bits per heavy atom. The summed E-state index contributed by atoms with van der Waals surface area (Å²) >= 11 is 0. The molecule has 0 bridgehead atoms. The Labute approximate surface area is 111 Å². The fourth-order valence-corrected chi connectivity index (χ4v) is 2.24. The molecule has 1 unspecified atom stereocenters. The smallest absolute Gasteiger partial charge is 0.161 e. The Kier molecular flexibility index (Phi) is 3.13. The van der Waals surface area contributed by atoms with Crippen molar-refractivity contribution >= 4 is 0 Å². The van der Waals surface area contributed by atoms with Gasteiger partial charge in [-0.05, 0) is 30.7 Å². The molecule has 2 heterocycles. The van der Waals surface area contributed by atoms with E-state index in [0.717, 1.165) is 23.6 Å². The minimum Gasteiger partial charge on any atom is -0.486 e. The molecular formula is C14H16N2O3. The van der Waals surface area contributed by atoms with E-state index in [-0.39, 0.29) is 0 Å². The Morgan fingerprint density at radius 3 is 2.84 bits per heavy atom. The average Bonchev–Trinajstić information content (AvgIpc) is 2.94. The molecule has 1 aromatic carbocycles. The van der Waals surface area contributed by atoms with E-state index in [4.69, 9.17) is 9.47 Å². The number of aliphatic hydroxyl groups is 1. The lowest BCUT2D eigenvalue weighted by atomic mass is 10.1. The highest BCUT2D eigenvalue weighted by Gasteiger charge is 2.18. The molecule has 1 aromatic heterocycles. The summed E-state index contributed by atoms with van der Waals surface area (Å²) in [4.78, 5) is 0. The van der Waals surface area contributed by atoms with Crippen LogP contribution in [0.15, 0.2) is 30.5 Å². The number of fused-ring (bicyclic) bond motifs is 1. The zero-order valence-corrected chi connectivity index (χ0v) is 10.7. The van der Waals surface area contributed by atoms with Gasteiger partial charge in [-0.3, -0.25) is 4.68 Å². The fraction of sp³-hybridized carbons (Fsp3) is 0.357. The molecule has 100 valence electrons. The molecule has 0 saturated carbocycles. The first-order valence-corrected chi connectivity index (χ1v) is 6.39. The lowest BCUT2D eigenvalue weighted by Crippen LogP contribution is -2.16. The second-order valence-corrected chi connectivity index (χ2v) is 4.38. The van der Waals surface area contributed by atoms with Crippen LogP contribution in [0.2, 0.25) is 0 Å². The van der Waals surface area contributed by atoms with Crippen LogP contribution in [-0.4, -0.2) is 28.1 Å². The molecule has 0 spiro atoms. The number of aryl methyl sites for hydroxylation is 1. The van der Waals surface area contributed by atoms with Crippen molar-refractivity contribution in [3.63, 3.8) is 0 Å². The maximum atomic E-state index is 10.4. The lowest BCUT2D eigenvalue weighted by Gasteiger charge is -2.20. The molecule has 1 aliphatic rings. The number of ether oxygens (including phenoxy) is 2. The van der Waals surface area contributed by atoms with Crippen molar-refractivity contribution in [2.24, 2.45) is 0 Å². The normalized spacial score (nSPS) is 15.3. The van der Waals surface area contributed by atoms with Gasteiger partial charge in [0.05, 0.1) is 5.69 Å². The summed E-state index contributed by atoms with van der Waals surface area (Å²) in [6, 6.07) is 7.34. The first-order chi connectivity index (χ1) is 9.29. The van der Waals surface area contributed by atoms with Crippen LogP contribution in [0.25, 0.3) is 0 Å². The van der Waals surface area contributed by atoms with E-state index >= 15 is 0 Å². The van der Waals surface area contributed by atoms with Crippen molar-refractivity contribution in [2.45, 2.75) is 19.6 Å². The van der Waals surface area contributed by atoms with Crippen LogP contribution in [0.5, 0.6) is 11.5 Å². The molecular weight excluding hydrogens is 244 g/mol. The van der Waals surface area contributed by atoms with E-state index in [9.17, 15) is 5.11 Å². The quantitative estimate of drug-likeness (QED) is 0.913. The molecule has 3 rings (SSSR count). The van der Waals surface area contributed by atoms with Crippen molar-refractivity contribution in [3.05, 3.63) is 41.7 Å². The molecule has 19 heavy (non-hydrogen) atoms. The van der Waals surface area contributed by atoms with E-state index in [1.54, 1.807) is 10.9 Å². The van der Waals surface area contributed by atoms with E-state index in [1.165, 1.54) is 0 Å². The van der Waals surface area contributed by atoms with Crippen molar-refractivity contribution in [2.75, 3.05) is 13.2 Å². The van der Waals surface area contributed by atoms with Gasteiger partial charge in [0.15, 0.2) is 11.5 Å². The van der Waals surface area contributed by atoms with E-state index < -0.39 is 6.10 Å². The van der Waals surface area contributed by atoms with E-state index in [2.05, 4.69) is 5.10 Å². The minimum atomic E-state index is -0.710. The molecule has 2 aromatic rings. The largest absolute Gasteiger partial charge is 0.486 e. The summed E-state index contributed by atoms with van der Waals surface area (Å²) in [6.07, 6.45) is 0.985. The Bertz CT molecular complexity index is 580. The predicted molar refractivity (Wildman–Crippen MR) is 69.4 cm³/mol. The summed E-state index contributed by atoms with van der Waals surface area (Å²) in [5.41, 5.74) is 1.55. The van der Waals surface area contributed by atoms with E-state index in [1.807, 2.05) is 31.2 Å². The minimum absolute atomic E-state index is 0.541. The van der Waals surface area contributed by atoms with Crippen LogP contribution in [-0.2, 0) is 6.54 Å². The number of hydrogen-bond donors (Lipinski definition) is 1. The highest BCUT2D eigenvalue weighted by atomic mass is 16.6. The van der Waals surface area contributed by atoms with Gasteiger partial charge in [0.2, 0.25) is 0 Å². The van der Waals surface area contributed by atoms with Crippen LogP contribution in [0.1, 0.15) is 24.3 Å². The van der Waals surface area contributed by atoms with Gasteiger partial charge in [-0.15, -0.1) is 0 Å². The number of nitrogens with zero attached hydrogens (tertiary/aromatic N) is 2. The summed E-state index contributed by atoms with van der Waals surface area (Å²) < 4.78 is 12.8. The predicted octanol–water partition coefficient (Wildman–Crippen LogP) is 1.76. The van der Waals surface area contributed by atoms with Gasteiger partial charge in [0.1, 0.15) is 19.3 Å². The Morgan fingerprint density at radius 1 is 1.26 bits per heavy atom. The Balaban J connectivity index is 1.93. The molecule has 0 radical (unpaired) electrons. The molecule has 0 amide bonds. The van der Waals surface area contributed by atoms with Crippen molar-refractivity contribution in [3.8, 4) is 11.5 Å². The summed E-state index contributed by atoms with van der Waals surface area (Å²) in [7, 11) is 0. The summed E-state index contributed by atoms with van der Waals surface area (Å²) in [5, 5.41) is 14.6. The number of benzene rings is 1. The molecule has 5 nitrogen and oxygen atoms in total. The molecule has 0 fully saturated rings. The third-order valence-electron chi connectivity index (χ3n) is 3.21. The molecule has 1 N–H and O–H groups in total. The molecule has 1 atom stereocenters. The molecule has 5 heteroatoms. The molecule has 0 aliphatic carbocycles. The van der Waals surface area contributed by atoms with Gasteiger partial charge in [-0.25, -0.2) is 0 Å². The topological polar surface area (TPSA) is 56.5 Å². The van der Waals surface area contributed by atoms with Crippen molar-refractivity contribution in [1.29, 1.82) is 0 Å². The SMILES string of the molecule is CCn1nccc1C(O)c1ccc2c(c1)OCCO2. The standard InChI is InChI=1S/C14H16N2O3/c1-2-16-11(5-6-15-16)14(17)10-3-4-12-13(9-10)19-8-7-18-12/h3-6,9,14,17H,2,7-8H2,1H3. The van der Waals surface area contributed by atoms with Gasteiger partial charge in [-0.1, -0.05) is 6.07 Å². The molecule has 0 saturated heterocycles. The third kappa shape index (κ3) is 2.17. The maximum absolute atomic E-state index is 10.4. The van der Waals surface area contributed by atoms with Crippen molar-refractivity contribution in [1.82, 2.24) is 9.78 Å². The summed E-state index contributed by atoms with van der Waals surface area (Å²) in [6.45, 7) is 3.83.